The molecule has 1 aromatic heterocycles. The molecule has 0 saturated carbocycles. The second-order valence-corrected chi connectivity index (χ2v) is 9.91. The number of hydrogen-bond acceptors (Lipinski definition) is 3. The molecule has 0 radical (unpaired) electrons. The molecule has 0 aliphatic carbocycles. The van der Waals surface area contributed by atoms with Crippen LogP contribution < -0.4 is 10.3 Å². The van der Waals surface area contributed by atoms with Crippen LogP contribution in [0.1, 0.15) is 27.8 Å². The van der Waals surface area contributed by atoms with Crippen LogP contribution in [0.15, 0.2) is 76.4 Å². The predicted molar refractivity (Wildman–Crippen MR) is 124 cm³/mol. The van der Waals surface area contributed by atoms with Gasteiger partial charge in [-0.1, -0.05) is 24.3 Å². The summed E-state index contributed by atoms with van der Waals surface area (Å²) in [5, 5.41) is -0.120. The summed E-state index contributed by atoms with van der Waals surface area (Å²) >= 11 is 0. The maximum absolute atomic E-state index is 13.4. The van der Waals surface area contributed by atoms with E-state index in [4.69, 9.17) is 0 Å². The van der Waals surface area contributed by atoms with Gasteiger partial charge in [0.25, 0.3) is 0 Å². The quantitative estimate of drug-likeness (QED) is 0.360. The zero-order valence-electron chi connectivity index (χ0n) is 18.4. The fourth-order valence-electron chi connectivity index (χ4n) is 3.75. The van der Waals surface area contributed by atoms with Crippen LogP contribution in [0.2, 0.25) is 0 Å². The second-order valence-electron chi connectivity index (χ2n) is 8.14. The molecule has 2 N–H and O–H groups in total. The Kier molecular flexibility index (Phi) is 6.52. The standard InChI is InChI=1S/C25H20F4N2O3S/c1-15-2-6-19(26)12-18(15)14-30-35(33,34)20-7-3-16(4-8-20)10-17-5-9-23-21(11-17)22(25(27,28)29)13-24(32)31-23/h2-9,11-13,30H,10,14H2,1H3,(H,31,32). The lowest BCUT2D eigenvalue weighted by molar-refractivity contribution is -0.136. The van der Waals surface area contributed by atoms with Crippen molar-refractivity contribution in [1.82, 2.24) is 9.71 Å². The highest BCUT2D eigenvalue weighted by molar-refractivity contribution is 7.89. The van der Waals surface area contributed by atoms with Crippen molar-refractivity contribution in [3.63, 3.8) is 0 Å². The molecular formula is C25H20F4N2O3S. The Morgan fingerprint density at radius 3 is 2.29 bits per heavy atom. The van der Waals surface area contributed by atoms with Gasteiger partial charge in [-0.2, -0.15) is 13.2 Å². The van der Waals surface area contributed by atoms with E-state index < -0.39 is 33.1 Å². The van der Waals surface area contributed by atoms with E-state index in [1.54, 1.807) is 31.2 Å². The summed E-state index contributed by atoms with van der Waals surface area (Å²) in [6.45, 7) is 1.67. The lowest BCUT2D eigenvalue weighted by Gasteiger charge is -2.12. The van der Waals surface area contributed by atoms with Gasteiger partial charge < -0.3 is 4.98 Å². The second kappa shape index (κ2) is 9.27. The third-order valence-corrected chi connectivity index (χ3v) is 7.04. The highest BCUT2D eigenvalue weighted by Crippen LogP contribution is 2.33. The van der Waals surface area contributed by atoms with Crippen LogP contribution in [-0.4, -0.2) is 13.4 Å². The number of rotatable bonds is 6. The molecule has 0 unspecified atom stereocenters. The van der Waals surface area contributed by atoms with E-state index in [1.165, 1.54) is 36.4 Å². The number of aromatic amines is 1. The molecule has 182 valence electrons. The maximum atomic E-state index is 13.4. The van der Waals surface area contributed by atoms with E-state index in [1.807, 2.05) is 0 Å². The third-order valence-electron chi connectivity index (χ3n) is 5.62. The van der Waals surface area contributed by atoms with Crippen molar-refractivity contribution in [3.05, 3.63) is 111 Å². The SMILES string of the molecule is Cc1ccc(F)cc1CNS(=O)(=O)c1ccc(Cc2ccc3[nH]c(=O)cc(C(F)(F)F)c3c2)cc1. The minimum atomic E-state index is -4.68. The average Bonchev–Trinajstić information content (AvgIpc) is 2.79. The number of pyridine rings is 1. The van der Waals surface area contributed by atoms with Gasteiger partial charge in [0.05, 0.1) is 10.5 Å². The highest BCUT2D eigenvalue weighted by Gasteiger charge is 2.33. The summed E-state index contributed by atoms with van der Waals surface area (Å²) in [6.07, 6.45) is -4.43. The van der Waals surface area contributed by atoms with E-state index in [9.17, 15) is 30.8 Å². The van der Waals surface area contributed by atoms with Gasteiger partial charge in [-0.15, -0.1) is 0 Å². The lowest BCUT2D eigenvalue weighted by Crippen LogP contribution is -2.23. The van der Waals surface area contributed by atoms with Crippen LogP contribution in [0, 0.1) is 12.7 Å². The van der Waals surface area contributed by atoms with Gasteiger partial charge >= 0.3 is 6.18 Å². The first kappa shape index (κ1) is 24.6. The van der Waals surface area contributed by atoms with Gasteiger partial charge in [0.15, 0.2) is 0 Å². The Morgan fingerprint density at radius 2 is 1.60 bits per heavy atom. The number of alkyl halides is 3. The number of aryl methyl sites for hydroxylation is 1. The monoisotopic (exact) mass is 504 g/mol. The Balaban J connectivity index is 1.53. The van der Waals surface area contributed by atoms with E-state index in [2.05, 4.69) is 9.71 Å². The zero-order valence-corrected chi connectivity index (χ0v) is 19.2. The molecule has 0 saturated heterocycles. The summed E-state index contributed by atoms with van der Waals surface area (Å²) in [5.41, 5.74) is 0.732. The first-order chi connectivity index (χ1) is 16.4. The lowest BCUT2D eigenvalue weighted by atomic mass is 10.0. The largest absolute Gasteiger partial charge is 0.417 e. The molecular weight excluding hydrogens is 484 g/mol. The van der Waals surface area contributed by atoms with Gasteiger partial charge in [0, 0.05) is 23.5 Å². The van der Waals surface area contributed by atoms with Gasteiger partial charge in [0.2, 0.25) is 15.6 Å². The average molecular weight is 505 g/mol. The number of hydrogen-bond donors (Lipinski definition) is 2. The summed E-state index contributed by atoms with van der Waals surface area (Å²) in [6, 6.07) is 15.0. The number of sulfonamides is 1. The van der Waals surface area contributed by atoms with Crippen molar-refractivity contribution in [2.45, 2.75) is 31.0 Å². The Labute approximate surface area is 198 Å². The molecule has 3 aromatic carbocycles. The van der Waals surface area contributed by atoms with Gasteiger partial charge in [-0.3, -0.25) is 4.79 Å². The molecule has 0 aliphatic rings. The molecule has 0 fully saturated rings. The molecule has 0 amide bonds. The fourth-order valence-corrected chi connectivity index (χ4v) is 4.76. The molecule has 0 aliphatic heterocycles. The molecule has 5 nitrogen and oxygen atoms in total. The highest BCUT2D eigenvalue weighted by atomic mass is 32.2. The molecule has 0 spiro atoms. The predicted octanol–water partition coefficient (Wildman–Crippen LogP) is 5.06. The van der Waals surface area contributed by atoms with Crippen LogP contribution in [0.3, 0.4) is 0 Å². The summed E-state index contributed by atoms with van der Waals surface area (Å²) < 4.78 is 81.3. The molecule has 35 heavy (non-hydrogen) atoms. The topological polar surface area (TPSA) is 79.0 Å². The Bertz CT molecular complexity index is 1560. The third kappa shape index (κ3) is 5.60. The summed E-state index contributed by atoms with van der Waals surface area (Å²) in [5.74, 6) is -0.462. The van der Waals surface area contributed by atoms with Crippen molar-refractivity contribution in [2.24, 2.45) is 0 Å². The van der Waals surface area contributed by atoms with Crippen molar-refractivity contribution in [1.29, 1.82) is 0 Å². The first-order valence-electron chi connectivity index (χ1n) is 10.5. The number of H-pyrrole nitrogens is 1. The first-order valence-corrected chi connectivity index (χ1v) is 12.0. The van der Waals surface area contributed by atoms with E-state index in [-0.39, 0.29) is 28.8 Å². The van der Waals surface area contributed by atoms with E-state index in [0.29, 0.717) is 22.8 Å². The number of aromatic nitrogens is 1. The maximum Gasteiger partial charge on any atom is 0.417 e. The van der Waals surface area contributed by atoms with E-state index in [0.717, 1.165) is 5.56 Å². The Hall–Kier alpha value is -3.50. The van der Waals surface area contributed by atoms with Gasteiger partial charge in [-0.05, 0) is 72.0 Å². The van der Waals surface area contributed by atoms with Gasteiger partial charge in [-0.25, -0.2) is 17.5 Å². The molecule has 10 heteroatoms. The zero-order chi connectivity index (χ0) is 25.4. The Morgan fingerprint density at radius 1 is 0.914 bits per heavy atom. The van der Waals surface area contributed by atoms with Crippen molar-refractivity contribution >= 4 is 20.9 Å². The molecule has 0 atom stereocenters. The fraction of sp³-hybridized carbons (Fsp3) is 0.160. The normalized spacial score (nSPS) is 12.3. The summed E-state index contributed by atoms with van der Waals surface area (Å²) in [4.78, 5) is 14.0. The number of nitrogens with one attached hydrogen (secondary N) is 2. The van der Waals surface area contributed by atoms with Gasteiger partial charge in [0.1, 0.15) is 5.82 Å². The van der Waals surface area contributed by atoms with E-state index >= 15 is 0 Å². The molecule has 4 rings (SSSR count). The van der Waals surface area contributed by atoms with Crippen molar-refractivity contribution in [2.75, 3.05) is 0 Å². The van der Waals surface area contributed by atoms with Crippen LogP contribution >= 0.6 is 0 Å². The van der Waals surface area contributed by atoms with Crippen LogP contribution in [0.5, 0.6) is 0 Å². The molecule has 4 aromatic rings. The minimum Gasteiger partial charge on any atom is -0.322 e. The van der Waals surface area contributed by atoms with Crippen LogP contribution in [0.4, 0.5) is 17.6 Å². The molecule has 0 bridgehead atoms. The van der Waals surface area contributed by atoms with Crippen LogP contribution in [-0.2, 0) is 29.2 Å². The number of halogens is 4. The minimum absolute atomic E-state index is 0.00532. The molecule has 1 heterocycles. The number of benzene rings is 3. The van der Waals surface area contributed by atoms with Crippen molar-refractivity contribution in [3.8, 4) is 0 Å². The van der Waals surface area contributed by atoms with Crippen molar-refractivity contribution < 1.29 is 26.0 Å². The smallest absolute Gasteiger partial charge is 0.322 e. The van der Waals surface area contributed by atoms with Crippen LogP contribution in [0.25, 0.3) is 10.9 Å². The summed E-state index contributed by atoms with van der Waals surface area (Å²) in [7, 11) is -3.86. The number of fused-ring (bicyclic) bond motifs is 1.